The van der Waals surface area contributed by atoms with Crippen LogP contribution in [-0.4, -0.2) is 35.6 Å². The van der Waals surface area contributed by atoms with Crippen molar-refractivity contribution in [3.63, 3.8) is 0 Å². The maximum atomic E-state index is 11.8. The van der Waals surface area contributed by atoms with Crippen LogP contribution in [0.4, 0.5) is 0 Å². The molecule has 1 unspecified atom stereocenters. The molecule has 4 heteroatoms. The molecule has 17 heavy (non-hydrogen) atoms. The average Bonchev–Trinajstić information content (AvgIpc) is 2.29. The van der Waals surface area contributed by atoms with Crippen LogP contribution >= 0.6 is 0 Å². The van der Waals surface area contributed by atoms with E-state index in [9.17, 15) is 9.90 Å². The first-order valence-corrected chi connectivity index (χ1v) is 5.73. The molecular weight excluding hydrogens is 216 g/mol. The van der Waals surface area contributed by atoms with Gasteiger partial charge in [0.15, 0.2) is 0 Å². The molecule has 1 atom stereocenters. The Hall–Kier alpha value is -1.39. The molecule has 0 aliphatic heterocycles. The van der Waals surface area contributed by atoms with Crippen LogP contribution in [0.2, 0.25) is 0 Å². The maximum Gasteiger partial charge on any atom is 0.226 e. The second-order valence-corrected chi connectivity index (χ2v) is 4.32. The number of rotatable bonds is 5. The van der Waals surface area contributed by atoms with Gasteiger partial charge >= 0.3 is 0 Å². The zero-order valence-corrected chi connectivity index (χ0v) is 10.4. The van der Waals surface area contributed by atoms with Gasteiger partial charge in [0.1, 0.15) is 0 Å². The average molecular weight is 236 g/mol. The first-order valence-electron chi connectivity index (χ1n) is 5.73. The summed E-state index contributed by atoms with van der Waals surface area (Å²) in [5.41, 5.74) is 7.52. The topological polar surface area (TPSA) is 66.6 Å². The Morgan fingerprint density at radius 1 is 1.35 bits per heavy atom. The van der Waals surface area contributed by atoms with Crippen molar-refractivity contribution in [2.75, 3.05) is 13.6 Å². The third-order valence-corrected chi connectivity index (χ3v) is 2.58. The summed E-state index contributed by atoms with van der Waals surface area (Å²) in [5, 5.41) is 9.20. The van der Waals surface area contributed by atoms with Crippen molar-refractivity contribution in [1.29, 1.82) is 0 Å². The molecule has 0 aliphatic carbocycles. The highest BCUT2D eigenvalue weighted by Gasteiger charge is 2.11. The van der Waals surface area contributed by atoms with E-state index >= 15 is 0 Å². The molecule has 0 aliphatic rings. The fourth-order valence-corrected chi connectivity index (χ4v) is 1.60. The minimum Gasteiger partial charge on any atom is -0.392 e. The molecule has 0 spiro atoms. The smallest absolute Gasteiger partial charge is 0.226 e. The minimum absolute atomic E-state index is 0.00592. The third kappa shape index (κ3) is 4.54. The maximum absolute atomic E-state index is 11.8. The van der Waals surface area contributed by atoms with E-state index in [1.807, 2.05) is 24.3 Å². The number of likely N-dealkylation sites (N-methyl/N-ethyl adjacent to an activating group) is 1. The van der Waals surface area contributed by atoms with E-state index in [0.29, 0.717) is 19.5 Å². The second kappa shape index (κ2) is 6.37. The minimum atomic E-state index is -0.497. The predicted molar refractivity (Wildman–Crippen MR) is 67.4 cm³/mol. The van der Waals surface area contributed by atoms with Crippen LogP contribution in [0.15, 0.2) is 24.3 Å². The summed E-state index contributed by atoms with van der Waals surface area (Å²) in [5.74, 6) is 0.00592. The number of amides is 1. The summed E-state index contributed by atoms with van der Waals surface area (Å²) < 4.78 is 0. The van der Waals surface area contributed by atoms with Gasteiger partial charge in [-0.15, -0.1) is 0 Å². The fraction of sp³-hybridized carbons (Fsp3) is 0.462. The lowest BCUT2D eigenvalue weighted by molar-refractivity contribution is -0.130. The number of hydrogen-bond acceptors (Lipinski definition) is 3. The quantitative estimate of drug-likeness (QED) is 0.783. The van der Waals surface area contributed by atoms with Crippen LogP contribution in [-0.2, 0) is 17.8 Å². The Labute approximate surface area is 102 Å². The Morgan fingerprint density at radius 2 is 1.88 bits per heavy atom. The summed E-state index contributed by atoms with van der Waals surface area (Å²) in [6.45, 7) is 2.54. The molecule has 0 bridgehead atoms. The van der Waals surface area contributed by atoms with Crippen molar-refractivity contribution >= 4 is 5.91 Å². The van der Waals surface area contributed by atoms with Crippen LogP contribution in [0, 0.1) is 0 Å². The molecule has 1 aromatic rings. The van der Waals surface area contributed by atoms with E-state index < -0.39 is 6.10 Å². The second-order valence-electron chi connectivity index (χ2n) is 4.32. The van der Waals surface area contributed by atoms with Gasteiger partial charge in [-0.3, -0.25) is 4.79 Å². The van der Waals surface area contributed by atoms with Gasteiger partial charge < -0.3 is 15.7 Å². The monoisotopic (exact) mass is 236 g/mol. The highest BCUT2D eigenvalue weighted by molar-refractivity contribution is 5.78. The number of aliphatic hydroxyl groups excluding tert-OH is 1. The summed E-state index contributed by atoms with van der Waals surface area (Å²) in [6.07, 6.45) is -0.141. The summed E-state index contributed by atoms with van der Waals surface area (Å²) >= 11 is 0. The Kier molecular flexibility index (Phi) is 5.12. The zero-order valence-electron chi connectivity index (χ0n) is 10.4. The van der Waals surface area contributed by atoms with Crippen molar-refractivity contribution < 1.29 is 9.90 Å². The summed E-state index contributed by atoms with van der Waals surface area (Å²) in [7, 11) is 1.70. The fourth-order valence-electron chi connectivity index (χ4n) is 1.60. The van der Waals surface area contributed by atoms with Gasteiger partial charge in [0.2, 0.25) is 5.91 Å². The van der Waals surface area contributed by atoms with E-state index in [0.717, 1.165) is 11.1 Å². The lowest BCUT2D eigenvalue weighted by atomic mass is 10.1. The number of carbonyl (C=O) groups excluding carboxylic acids is 1. The van der Waals surface area contributed by atoms with Gasteiger partial charge in [-0.1, -0.05) is 24.3 Å². The molecule has 1 amide bonds. The molecule has 4 nitrogen and oxygen atoms in total. The van der Waals surface area contributed by atoms with E-state index in [1.165, 1.54) is 0 Å². The Bertz CT molecular complexity index is 360. The van der Waals surface area contributed by atoms with Crippen LogP contribution in [0.5, 0.6) is 0 Å². The van der Waals surface area contributed by atoms with Gasteiger partial charge in [0.05, 0.1) is 12.5 Å². The van der Waals surface area contributed by atoms with E-state index in [2.05, 4.69) is 0 Å². The molecular formula is C13H20N2O2. The number of nitrogens with zero attached hydrogens (tertiary/aromatic N) is 1. The lowest BCUT2D eigenvalue weighted by Crippen LogP contribution is -2.34. The number of benzene rings is 1. The molecule has 0 saturated heterocycles. The van der Waals surface area contributed by atoms with Gasteiger partial charge in [-0.25, -0.2) is 0 Å². The largest absolute Gasteiger partial charge is 0.392 e. The highest BCUT2D eigenvalue weighted by atomic mass is 16.3. The van der Waals surface area contributed by atoms with E-state index in [1.54, 1.807) is 18.9 Å². The van der Waals surface area contributed by atoms with Crippen molar-refractivity contribution in [2.24, 2.45) is 5.73 Å². The lowest BCUT2D eigenvalue weighted by Gasteiger charge is -2.18. The Morgan fingerprint density at radius 3 is 2.35 bits per heavy atom. The molecule has 94 valence electrons. The molecule has 3 N–H and O–H groups in total. The third-order valence-electron chi connectivity index (χ3n) is 2.58. The van der Waals surface area contributed by atoms with E-state index in [4.69, 9.17) is 5.73 Å². The molecule has 0 fully saturated rings. The first-order chi connectivity index (χ1) is 8.02. The number of aliphatic hydroxyl groups is 1. The summed E-state index contributed by atoms with van der Waals surface area (Å²) in [4.78, 5) is 13.3. The van der Waals surface area contributed by atoms with Crippen LogP contribution in [0.1, 0.15) is 18.1 Å². The zero-order chi connectivity index (χ0) is 12.8. The molecule has 0 aromatic heterocycles. The number of carbonyl (C=O) groups is 1. The normalized spacial score (nSPS) is 12.2. The highest BCUT2D eigenvalue weighted by Crippen LogP contribution is 2.06. The van der Waals surface area contributed by atoms with Crippen LogP contribution < -0.4 is 5.73 Å². The van der Waals surface area contributed by atoms with Crippen molar-refractivity contribution in [3.05, 3.63) is 35.4 Å². The number of nitrogens with two attached hydrogens (primary N) is 1. The van der Waals surface area contributed by atoms with Gasteiger partial charge in [-0.2, -0.15) is 0 Å². The number of hydrogen-bond donors (Lipinski definition) is 2. The standard InChI is InChI=1S/C13H20N2O2/c1-10(16)9-15(2)13(17)7-11-3-5-12(8-14)6-4-11/h3-6,10,16H,7-9,14H2,1-2H3. The van der Waals surface area contributed by atoms with Gasteiger partial charge in [0.25, 0.3) is 0 Å². The van der Waals surface area contributed by atoms with Gasteiger partial charge in [-0.05, 0) is 18.1 Å². The molecule has 1 rings (SSSR count). The predicted octanol–water partition coefficient (Wildman–Crippen LogP) is 0.527. The van der Waals surface area contributed by atoms with Gasteiger partial charge in [0, 0.05) is 20.1 Å². The first kappa shape index (κ1) is 13.7. The molecule has 0 heterocycles. The van der Waals surface area contributed by atoms with Crippen LogP contribution in [0.25, 0.3) is 0 Å². The van der Waals surface area contributed by atoms with Crippen molar-refractivity contribution in [2.45, 2.75) is 26.0 Å². The SMILES string of the molecule is CC(O)CN(C)C(=O)Cc1ccc(CN)cc1. The molecule has 0 saturated carbocycles. The van der Waals surface area contributed by atoms with Crippen LogP contribution in [0.3, 0.4) is 0 Å². The molecule has 0 radical (unpaired) electrons. The summed E-state index contributed by atoms with van der Waals surface area (Å²) in [6, 6.07) is 7.68. The van der Waals surface area contributed by atoms with E-state index in [-0.39, 0.29) is 5.91 Å². The Balaban J connectivity index is 2.55. The van der Waals surface area contributed by atoms with Crippen molar-refractivity contribution in [3.8, 4) is 0 Å². The van der Waals surface area contributed by atoms with Crippen molar-refractivity contribution in [1.82, 2.24) is 4.90 Å². The molecule has 1 aromatic carbocycles.